The van der Waals surface area contributed by atoms with Gasteiger partial charge in [0.25, 0.3) is 5.22 Å². The summed E-state index contributed by atoms with van der Waals surface area (Å²) >= 11 is 1.56. The lowest BCUT2D eigenvalue weighted by Gasteiger charge is -2.43. The normalized spacial score (nSPS) is 23.2. The first-order valence-corrected chi connectivity index (χ1v) is 11.8. The van der Waals surface area contributed by atoms with Gasteiger partial charge in [0.2, 0.25) is 5.91 Å². The van der Waals surface area contributed by atoms with Gasteiger partial charge in [-0.1, -0.05) is 54.2 Å². The highest BCUT2D eigenvalue weighted by atomic mass is 32.2. The molecular weight excluding hydrogens is 410 g/mol. The predicted octanol–water partition coefficient (Wildman–Crippen LogP) is 2.50. The molecule has 5 rings (SSSR count). The Morgan fingerprint density at radius 1 is 1.03 bits per heavy atom. The molecule has 2 N–H and O–H groups in total. The molecule has 0 aliphatic carbocycles. The molecule has 1 amide bonds. The summed E-state index contributed by atoms with van der Waals surface area (Å²) in [5.74, 6) is 0.837. The second-order valence-electron chi connectivity index (χ2n) is 8.09. The number of rotatable bonds is 6. The van der Waals surface area contributed by atoms with E-state index in [1.165, 1.54) is 5.56 Å². The predicted molar refractivity (Wildman–Crippen MR) is 121 cm³/mol. The molecule has 2 saturated heterocycles. The molecule has 2 aromatic carbocycles. The second kappa shape index (κ2) is 9.40. The number of carbonyl (C=O) groups excluding carboxylic acids is 1. The minimum absolute atomic E-state index is 0.0844. The van der Waals surface area contributed by atoms with Gasteiger partial charge in [-0.2, -0.15) is 0 Å². The quantitative estimate of drug-likeness (QED) is 0.574. The average molecular weight is 438 g/mol. The topological polar surface area (TPSA) is 73.6 Å². The third-order valence-corrected chi connectivity index (χ3v) is 6.82. The Hall–Kier alpha value is -2.39. The van der Waals surface area contributed by atoms with Crippen LogP contribution < -0.4 is 10.6 Å². The number of amides is 1. The van der Waals surface area contributed by atoms with Crippen LogP contribution in [0.3, 0.4) is 0 Å². The number of piperazine rings is 1. The zero-order valence-corrected chi connectivity index (χ0v) is 18.2. The largest absolute Gasteiger partial charge is 0.431 e. The molecule has 2 unspecified atom stereocenters. The number of fused-ring (bicyclic) bond motifs is 1. The summed E-state index contributed by atoms with van der Waals surface area (Å²) in [6, 6.07) is 18.4. The van der Waals surface area contributed by atoms with Crippen LogP contribution >= 0.6 is 11.8 Å². The number of nitrogens with zero attached hydrogens (tertiary/aromatic N) is 3. The lowest BCUT2D eigenvalue weighted by molar-refractivity contribution is -0.127. The first kappa shape index (κ1) is 20.5. The number of thioether (sulfide) groups is 1. The molecule has 7 nitrogen and oxygen atoms in total. The summed E-state index contributed by atoms with van der Waals surface area (Å²) < 4.78 is 5.80. The van der Waals surface area contributed by atoms with Crippen LogP contribution in [0.2, 0.25) is 0 Å². The van der Waals surface area contributed by atoms with E-state index in [9.17, 15) is 4.79 Å². The smallest absolute Gasteiger partial charge is 0.256 e. The molecule has 1 aromatic heterocycles. The van der Waals surface area contributed by atoms with Crippen LogP contribution in [0.5, 0.6) is 0 Å². The van der Waals surface area contributed by atoms with Gasteiger partial charge in [0.1, 0.15) is 11.8 Å². The van der Waals surface area contributed by atoms with Gasteiger partial charge in [-0.15, -0.1) is 0 Å². The maximum Gasteiger partial charge on any atom is 0.256 e. The molecule has 2 fully saturated rings. The first-order chi connectivity index (χ1) is 15.2. The Labute approximate surface area is 186 Å². The molecular formula is C23H27N5O2S. The molecule has 0 spiro atoms. The molecule has 162 valence electrons. The van der Waals surface area contributed by atoms with Crippen LogP contribution in [0.15, 0.2) is 64.2 Å². The number of carbonyl (C=O) groups is 1. The summed E-state index contributed by atoms with van der Waals surface area (Å²) in [6.45, 7) is 4.81. The highest BCUT2D eigenvalue weighted by Gasteiger charge is 2.31. The van der Waals surface area contributed by atoms with Crippen LogP contribution in [0.25, 0.3) is 11.1 Å². The van der Waals surface area contributed by atoms with E-state index < -0.39 is 0 Å². The van der Waals surface area contributed by atoms with E-state index in [4.69, 9.17) is 4.42 Å². The lowest BCUT2D eigenvalue weighted by Crippen LogP contribution is -2.66. The van der Waals surface area contributed by atoms with E-state index in [2.05, 4.69) is 55.7 Å². The number of para-hydroxylation sites is 2. The van der Waals surface area contributed by atoms with E-state index in [0.29, 0.717) is 11.6 Å². The number of hydrogen-bond acceptors (Lipinski definition) is 7. The fourth-order valence-corrected chi connectivity index (χ4v) is 5.04. The fourth-order valence-electron chi connectivity index (χ4n) is 4.17. The van der Waals surface area contributed by atoms with Crippen molar-refractivity contribution in [2.24, 2.45) is 0 Å². The lowest BCUT2D eigenvalue weighted by atomic mass is 10.1. The van der Waals surface area contributed by atoms with Crippen molar-refractivity contribution >= 4 is 28.8 Å². The second-order valence-corrected chi connectivity index (χ2v) is 9.07. The van der Waals surface area contributed by atoms with E-state index in [1.54, 1.807) is 11.8 Å². The molecule has 3 aromatic rings. The molecule has 2 aliphatic heterocycles. The van der Waals surface area contributed by atoms with E-state index in [-0.39, 0.29) is 18.2 Å². The maximum atomic E-state index is 12.3. The number of benzene rings is 2. The summed E-state index contributed by atoms with van der Waals surface area (Å²) in [5, 5.41) is 7.37. The third-order valence-electron chi connectivity index (χ3n) is 5.83. The summed E-state index contributed by atoms with van der Waals surface area (Å²) in [7, 11) is 0. The van der Waals surface area contributed by atoms with Crippen molar-refractivity contribution < 1.29 is 9.21 Å². The van der Waals surface area contributed by atoms with Gasteiger partial charge >= 0.3 is 0 Å². The summed E-state index contributed by atoms with van der Waals surface area (Å²) in [5.41, 5.74) is 3.01. The van der Waals surface area contributed by atoms with Gasteiger partial charge in [-0.25, -0.2) is 4.98 Å². The number of nitrogens with one attached hydrogen (secondary N) is 2. The molecule has 0 radical (unpaired) electrons. The van der Waals surface area contributed by atoms with Crippen LogP contribution in [0.4, 0.5) is 0 Å². The summed E-state index contributed by atoms with van der Waals surface area (Å²) in [4.78, 5) is 21.7. The van der Waals surface area contributed by atoms with E-state index in [0.717, 1.165) is 49.6 Å². The highest BCUT2D eigenvalue weighted by molar-refractivity contribution is 7.99. The Balaban J connectivity index is 1.13. The first-order valence-electron chi connectivity index (χ1n) is 10.8. The SMILES string of the molecule is O=C1CC(CSc2nc3ccccc3o2)NC(N2CCN(Cc3ccccc3)CC2)N1. The van der Waals surface area contributed by atoms with Crippen LogP contribution in [-0.2, 0) is 11.3 Å². The molecule has 0 bridgehead atoms. The van der Waals surface area contributed by atoms with Crippen LogP contribution in [-0.4, -0.2) is 65.0 Å². The standard InChI is InChI=1S/C23H27N5O2S/c29-21-14-18(16-31-23-25-19-8-4-5-9-20(19)30-23)24-22(26-21)28-12-10-27(11-13-28)15-17-6-2-1-3-7-17/h1-9,18,22,24H,10-16H2,(H,26,29). The van der Waals surface area contributed by atoms with Crippen molar-refractivity contribution in [3.63, 3.8) is 0 Å². The Kier molecular flexibility index (Phi) is 6.22. The van der Waals surface area contributed by atoms with Crippen molar-refractivity contribution in [2.75, 3.05) is 31.9 Å². The van der Waals surface area contributed by atoms with E-state index >= 15 is 0 Å². The number of hydrogen-bond donors (Lipinski definition) is 2. The molecule has 0 saturated carbocycles. The van der Waals surface area contributed by atoms with Gasteiger partial charge in [0.15, 0.2) is 5.58 Å². The van der Waals surface area contributed by atoms with Crippen molar-refractivity contribution in [3.05, 3.63) is 60.2 Å². The fraction of sp³-hybridized carbons (Fsp3) is 0.391. The van der Waals surface area contributed by atoms with Crippen molar-refractivity contribution in [3.8, 4) is 0 Å². The third kappa shape index (κ3) is 5.10. The Morgan fingerprint density at radius 3 is 2.61 bits per heavy atom. The zero-order chi connectivity index (χ0) is 21.0. The molecule has 31 heavy (non-hydrogen) atoms. The highest BCUT2D eigenvalue weighted by Crippen LogP contribution is 2.24. The van der Waals surface area contributed by atoms with Gasteiger partial charge < -0.3 is 9.73 Å². The maximum absolute atomic E-state index is 12.3. The molecule has 2 atom stereocenters. The average Bonchev–Trinajstić information content (AvgIpc) is 3.22. The summed E-state index contributed by atoms with van der Waals surface area (Å²) in [6.07, 6.45) is 0.354. The van der Waals surface area contributed by atoms with Crippen molar-refractivity contribution in [2.45, 2.75) is 30.5 Å². The van der Waals surface area contributed by atoms with Gasteiger partial charge in [-0.05, 0) is 17.7 Å². The van der Waals surface area contributed by atoms with Crippen LogP contribution in [0, 0.1) is 0 Å². The van der Waals surface area contributed by atoms with Gasteiger partial charge in [0.05, 0.1) is 0 Å². The van der Waals surface area contributed by atoms with Crippen molar-refractivity contribution in [1.82, 2.24) is 25.4 Å². The molecule has 2 aliphatic rings. The van der Waals surface area contributed by atoms with Gasteiger partial charge in [-0.3, -0.25) is 19.9 Å². The minimum Gasteiger partial charge on any atom is -0.431 e. The van der Waals surface area contributed by atoms with Crippen molar-refractivity contribution in [1.29, 1.82) is 0 Å². The Morgan fingerprint density at radius 2 is 1.81 bits per heavy atom. The monoisotopic (exact) mass is 437 g/mol. The van der Waals surface area contributed by atoms with E-state index in [1.807, 2.05) is 24.3 Å². The Bertz CT molecular complexity index is 986. The number of oxazole rings is 1. The van der Waals surface area contributed by atoms with Crippen LogP contribution in [0.1, 0.15) is 12.0 Å². The zero-order valence-electron chi connectivity index (χ0n) is 17.4. The minimum atomic E-state index is -0.116. The van der Waals surface area contributed by atoms with Gasteiger partial charge in [0, 0.05) is 50.9 Å². The molecule has 8 heteroatoms. The molecule has 3 heterocycles. The number of aromatic nitrogens is 1.